The van der Waals surface area contributed by atoms with Crippen LogP contribution in [0.5, 0.6) is 0 Å². The Bertz CT molecular complexity index is 2040. The standard InChI is InChI=1S/C44H56ClN5S/c1-9-11-24-50-31-40(47-48-50)23-22-36-15-13-17-43(33(36)4)42-16-12-14-35(32(42)3)20-21-38-26-37(39(27-44(38)45)30-49(5)10-2)19-18-34-25-41(29-46-28-34)51(6,7)8/h12-17,25-29,31H,6-7,9-11,18-24,30H2,1-5,8H3. The number of aryl methyl sites for hydroxylation is 7. The second kappa shape index (κ2) is 17.7. The van der Waals surface area contributed by atoms with Crippen LogP contribution in [0, 0.1) is 13.8 Å². The van der Waals surface area contributed by atoms with Gasteiger partial charge in [-0.2, -0.15) is 9.21 Å². The number of pyridine rings is 1. The Morgan fingerprint density at radius 1 is 0.784 bits per heavy atom. The number of nitrogens with zero attached hydrogens (tertiary/aromatic N) is 5. The van der Waals surface area contributed by atoms with E-state index in [-0.39, 0.29) is 0 Å². The smallest absolute Gasteiger partial charge is 0.0830 e. The van der Waals surface area contributed by atoms with Gasteiger partial charge in [0.1, 0.15) is 0 Å². The highest BCUT2D eigenvalue weighted by atomic mass is 35.5. The Morgan fingerprint density at radius 2 is 1.43 bits per heavy atom. The van der Waals surface area contributed by atoms with Crippen LogP contribution >= 0.6 is 20.8 Å². The Morgan fingerprint density at radius 3 is 2.08 bits per heavy atom. The van der Waals surface area contributed by atoms with Gasteiger partial charge in [0, 0.05) is 41.6 Å². The number of unbranched alkanes of at least 4 members (excludes halogenated alkanes) is 1. The third kappa shape index (κ3) is 10.2. The van der Waals surface area contributed by atoms with E-state index >= 15 is 0 Å². The molecule has 0 amide bonds. The van der Waals surface area contributed by atoms with Crippen molar-refractivity contribution in [1.29, 1.82) is 0 Å². The van der Waals surface area contributed by atoms with Gasteiger partial charge in [0.2, 0.25) is 0 Å². The lowest BCUT2D eigenvalue weighted by Gasteiger charge is -2.20. The first kappa shape index (κ1) is 38.5. The molecule has 5 nitrogen and oxygen atoms in total. The third-order valence-corrected chi connectivity index (χ3v) is 11.9. The van der Waals surface area contributed by atoms with E-state index in [1.54, 1.807) is 0 Å². The summed E-state index contributed by atoms with van der Waals surface area (Å²) in [6.45, 7) is 11.7. The number of hydrogen-bond acceptors (Lipinski definition) is 4. The Kier molecular flexibility index (Phi) is 13.4. The Labute approximate surface area is 312 Å². The molecule has 0 spiro atoms. The maximum atomic E-state index is 7.04. The van der Waals surface area contributed by atoms with Crippen molar-refractivity contribution in [2.45, 2.75) is 97.0 Å². The zero-order valence-corrected chi connectivity index (χ0v) is 33.2. The molecule has 51 heavy (non-hydrogen) atoms. The molecule has 3 aromatic carbocycles. The van der Waals surface area contributed by atoms with Crippen LogP contribution in [-0.4, -0.2) is 56.5 Å². The maximum absolute atomic E-state index is 7.04. The largest absolute Gasteiger partial charge is 0.302 e. The summed E-state index contributed by atoms with van der Waals surface area (Å²) in [6, 6.07) is 20.3. The van der Waals surface area contributed by atoms with E-state index in [0.29, 0.717) is 0 Å². The van der Waals surface area contributed by atoms with Gasteiger partial charge < -0.3 is 4.90 Å². The molecule has 0 radical (unpaired) electrons. The van der Waals surface area contributed by atoms with Crippen molar-refractivity contribution in [3.63, 3.8) is 0 Å². The molecule has 7 heteroatoms. The van der Waals surface area contributed by atoms with Crippen LogP contribution in [0.4, 0.5) is 0 Å². The molecule has 0 saturated carbocycles. The van der Waals surface area contributed by atoms with Crippen molar-refractivity contribution in [2.24, 2.45) is 0 Å². The van der Waals surface area contributed by atoms with Crippen LogP contribution in [0.3, 0.4) is 0 Å². The van der Waals surface area contributed by atoms with Crippen molar-refractivity contribution >= 4 is 32.5 Å². The van der Waals surface area contributed by atoms with Crippen LogP contribution in [-0.2, 0) is 51.6 Å². The molecule has 2 heterocycles. The van der Waals surface area contributed by atoms with Crippen molar-refractivity contribution in [2.75, 3.05) is 19.8 Å². The quantitative estimate of drug-likeness (QED) is 0.0898. The third-order valence-electron chi connectivity index (χ3n) is 10.2. The second-order valence-electron chi connectivity index (χ2n) is 14.4. The molecule has 0 aliphatic heterocycles. The zero-order chi connectivity index (χ0) is 36.5. The number of halogens is 1. The topological polar surface area (TPSA) is 46.8 Å². The molecule has 5 aromatic rings. The first-order chi connectivity index (χ1) is 24.5. The number of aromatic nitrogens is 4. The highest BCUT2D eigenvalue weighted by Gasteiger charge is 2.15. The predicted molar refractivity (Wildman–Crippen MR) is 222 cm³/mol. The summed E-state index contributed by atoms with van der Waals surface area (Å²) in [5, 5.41) is 9.61. The fourth-order valence-corrected chi connectivity index (χ4v) is 7.77. The molecule has 270 valence electrons. The Hall–Kier alpha value is -3.71. The van der Waals surface area contributed by atoms with Crippen LogP contribution in [0.25, 0.3) is 11.1 Å². The van der Waals surface area contributed by atoms with Gasteiger partial charge in [-0.3, -0.25) is 9.67 Å². The van der Waals surface area contributed by atoms with Gasteiger partial charge in [0.05, 0.1) is 5.69 Å². The molecule has 2 aromatic heterocycles. The zero-order valence-electron chi connectivity index (χ0n) is 31.6. The van der Waals surface area contributed by atoms with Crippen LogP contribution in [0.2, 0.25) is 5.02 Å². The van der Waals surface area contributed by atoms with Crippen LogP contribution in [0.1, 0.15) is 76.9 Å². The molecule has 5 rings (SSSR count). The summed E-state index contributed by atoms with van der Waals surface area (Å²) in [4.78, 5) is 8.01. The fourth-order valence-electron chi connectivity index (χ4n) is 6.74. The minimum absolute atomic E-state index is 0.859. The van der Waals surface area contributed by atoms with Crippen molar-refractivity contribution in [1.82, 2.24) is 24.9 Å². The molecule has 0 N–H and O–H groups in total. The first-order valence-electron chi connectivity index (χ1n) is 18.4. The normalized spacial score (nSPS) is 11.8. The SMILES string of the molecule is C=S(=C)(C)c1cncc(CCc2cc(CCc3cccc(-c4cccc(CCc5cn(CCCC)nn5)c4C)c3C)c(Cl)cc2CN(C)CC)c1. The average molecular weight is 722 g/mol. The summed E-state index contributed by atoms with van der Waals surface area (Å²) in [7, 11) is 0.848. The first-order valence-corrected chi connectivity index (χ1v) is 21.2. The molecule has 0 fully saturated rings. The molecule has 0 saturated heterocycles. The van der Waals surface area contributed by atoms with Gasteiger partial charge >= 0.3 is 0 Å². The minimum Gasteiger partial charge on any atom is -0.302 e. The Balaban J connectivity index is 1.33. The molecular formula is C44H56ClN5S. The molecule has 0 unspecified atom stereocenters. The monoisotopic (exact) mass is 721 g/mol. The van der Waals surface area contributed by atoms with E-state index in [0.717, 1.165) is 86.6 Å². The summed E-state index contributed by atoms with van der Waals surface area (Å²) in [5.41, 5.74) is 14.2. The van der Waals surface area contributed by atoms with Crippen molar-refractivity contribution in [3.05, 3.63) is 128 Å². The lowest BCUT2D eigenvalue weighted by molar-refractivity contribution is 0.344. The summed E-state index contributed by atoms with van der Waals surface area (Å²) in [5.74, 6) is 8.58. The summed E-state index contributed by atoms with van der Waals surface area (Å²) >= 11 is 7.04. The van der Waals surface area contributed by atoms with Crippen LogP contribution < -0.4 is 0 Å². The molecular weight excluding hydrogens is 666 g/mol. The summed E-state index contributed by atoms with van der Waals surface area (Å²) in [6.07, 6.45) is 15.9. The van der Waals surface area contributed by atoms with E-state index in [2.05, 4.69) is 134 Å². The van der Waals surface area contributed by atoms with Crippen molar-refractivity contribution < 1.29 is 0 Å². The number of rotatable bonds is 17. The minimum atomic E-state index is -1.32. The van der Waals surface area contributed by atoms with E-state index in [1.165, 1.54) is 55.6 Å². The molecule has 0 atom stereocenters. The maximum Gasteiger partial charge on any atom is 0.0830 e. The fraction of sp³-hybridized carbons (Fsp3) is 0.386. The van der Waals surface area contributed by atoms with E-state index in [9.17, 15) is 0 Å². The predicted octanol–water partition coefficient (Wildman–Crippen LogP) is 9.88. The van der Waals surface area contributed by atoms with Gasteiger partial charge in [-0.1, -0.05) is 91.3 Å². The highest BCUT2D eigenvalue weighted by Crippen LogP contribution is 2.33. The average Bonchev–Trinajstić information content (AvgIpc) is 3.57. The van der Waals surface area contributed by atoms with Gasteiger partial charge in [-0.05, 0) is 146 Å². The van der Waals surface area contributed by atoms with Crippen LogP contribution in [0.15, 0.2) is 78.1 Å². The van der Waals surface area contributed by atoms with Gasteiger partial charge in [-0.15, -0.1) is 5.10 Å². The lowest BCUT2D eigenvalue weighted by Crippen LogP contribution is -2.18. The van der Waals surface area contributed by atoms with E-state index in [4.69, 9.17) is 11.6 Å². The number of hydrogen-bond donors (Lipinski definition) is 0. The lowest BCUT2D eigenvalue weighted by atomic mass is 9.88. The molecule has 0 aliphatic rings. The van der Waals surface area contributed by atoms with Gasteiger partial charge in [-0.25, -0.2) is 0 Å². The van der Waals surface area contributed by atoms with Gasteiger partial charge in [0.25, 0.3) is 0 Å². The summed E-state index contributed by atoms with van der Waals surface area (Å²) < 4.78 is 1.98. The highest BCUT2D eigenvalue weighted by molar-refractivity contribution is 8.27. The van der Waals surface area contributed by atoms with Crippen molar-refractivity contribution in [3.8, 4) is 11.1 Å². The molecule has 0 aliphatic carbocycles. The molecule has 0 bridgehead atoms. The van der Waals surface area contributed by atoms with Gasteiger partial charge in [0.15, 0.2) is 0 Å². The van der Waals surface area contributed by atoms with E-state index in [1.807, 2.05) is 17.1 Å². The number of benzene rings is 3. The second-order valence-corrected chi connectivity index (χ2v) is 17.8. The van der Waals surface area contributed by atoms with E-state index < -0.39 is 9.21 Å².